The zero-order valence-corrected chi connectivity index (χ0v) is 25.2. The number of hydrogen-bond donors (Lipinski definition) is 2. The number of ketones is 2. The van der Waals surface area contributed by atoms with Crippen LogP contribution in [0.3, 0.4) is 0 Å². The highest BCUT2D eigenvalue weighted by Crippen LogP contribution is 2.42. The minimum Gasteiger partial charge on any atom is -0.324 e. The number of rotatable bonds is 8. The summed E-state index contributed by atoms with van der Waals surface area (Å²) >= 11 is 12.9. The molecule has 3 aromatic carbocycles. The minimum absolute atomic E-state index is 0.0867. The van der Waals surface area contributed by atoms with Crippen LogP contribution in [0.2, 0.25) is 10.0 Å². The Morgan fingerprint density at radius 2 is 1.61 bits per heavy atom. The van der Waals surface area contributed by atoms with E-state index in [4.69, 9.17) is 28.9 Å². The molecule has 0 aliphatic carbocycles. The lowest BCUT2D eigenvalue weighted by Gasteiger charge is -2.55. The van der Waals surface area contributed by atoms with Crippen LogP contribution in [-0.4, -0.2) is 66.2 Å². The van der Waals surface area contributed by atoms with Crippen LogP contribution in [0.25, 0.3) is 0 Å². The maximum absolute atomic E-state index is 14.4. The van der Waals surface area contributed by atoms with Gasteiger partial charge < -0.3 is 11.1 Å². The maximum atomic E-state index is 14.4. The van der Waals surface area contributed by atoms with Crippen molar-refractivity contribution in [2.75, 3.05) is 32.7 Å². The molecule has 3 aromatic rings. The van der Waals surface area contributed by atoms with E-state index in [2.05, 4.69) is 39.4 Å². The van der Waals surface area contributed by atoms with Crippen molar-refractivity contribution in [3.05, 3.63) is 105 Å². The van der Waals surface area contributed by atoms with Crippen molar-refractivity contribution < 1.29 is 9.59 Å². The van der Waals surface area contributed by atoms with E-state index in [9.17, 15) is 9.59 Å². The van der Waals surface area contributed by atoms with Crippen molar-refractivity contribution in [2.24, 2.45) is 5.73 Å². The molecule has 3 N–H and O–H groups in total. The summed E-state index contributed by atoms with van der Waals surface area (Å²) < 4.78 is 0. The summed E-state index contributed by atoms with van der Waals surface area (Å²) in [6.45, 7) is 7.61. The van der Waals surface area contributed by atoms with E-state index in [1.165, 1.54) is 5.56 Å². The van der Waals surface area contributed by atoms with Crippen LogP contribution in [-0.2, 0) is 16.9 Å². The first kappa shape index (κ1) is 29.9. The first-order chi connectivity index (χ1) is 19.7. The molecule has 2 heterocycles. The molecule has 0 bridgehead atoms. The smallest absolute Gasteiger partial charge is 0.182 e. The van der Waals surface area contributed by atoms with E-state index in [1.807, 2.05) is 44.2 Å². The summed E-state index contributed by atoms with van der Waals surface area (Å²) in [6.07, 6.45) is 1.75. The maximum Gasteiger partial charge on any atom is 0.182 e. The highest BCUT2D eigenvalue weighted by molar-refractivity contribution is 6.42. The van der Waals surface area contributed by atoms with Crippen molar-refractivity contribution in [3.63, 3.8) is 0 Å². The number of carbonyl (C=O) groups excluding carboxylic acids is 2. The van der Waals surface area contributed by atoms with Crippen LogP contribution in [0, 0.1) is 13.8 Å². The van der Waals surface area contributed by atoms with E-state index >= 15 is 0 Å². The van der Waals surface area contributed by atoms with Gasteiger partial charge in [0.25, 0.3) is 0 Å². The molecule has 216 valence electrons. The van der Waals surface area contributed by atoms with Crippen molar-refractivity contribution in [1.82, 2.24) is 15.1 Å². The lowest BCUT2D eigenvalue weighted by Crippen LogP contribution is -2.74. The number of aryl methyl sites for hydroxylation is 2. The number of likely N-dealkylation sites (tertiary alicyclic amines) is 1. The minimum atomic E-state index is -1.33. The largest absolute Gasteiger partial charge is 0.324 e. The SMILES string of the molecule is Cc1cc(C)cc(C(=O)C2NCCN(C3CCN(Cc4ccccc4)CC3)C2(C(=O)CN)c2ccc(Cl)c(Cl)c2)c1. The average Bonchev–Trinajstić information content (AvgIpc) is 2.97. The molecule has 0 aromatic heterocycles. The molecule has 0 radical (unpaired) electrons. The van der Waals surface area contributed by atoms with Gasteiger partial charge in [-0.1, -0.05) is 76.8 Å². The number of halogens is 2. The summed E-state index contributed by atoms with van der Waals surface area (Å²) in [5.74, 6) is -0.339. The van der Waals surface area contributed by atoms with Gasteiger partial charge in [-0.05, 0) is 75.2 Å². The zero-order chi connectivity index (χ0) is 29.1. The summed E-state index contributed by atoms with van der Waals surface area (Å²) in [6, 6.07) is 20.8. The third-order valence-electron chi connectivity index (χ3n) is 8.56. The van der Waals surface area contributed by atoms with E-state index in [0.717, 1.165) is 43.6 Å². The van der Waals surface area contributed by atoms with Crippen LogP contribution in [0.5, 0.6) is 0 Å². The Balaban J connectivity index is 1.55. The molecule has 0 saturated carbocycles. The predicted molar refractivity (Wildman–Crippen MR) is 166 cm³/mol. The van der Waals surface area contributed by atoms with Gasteiger partial charge >= 0.3 is 0 Å². The molecule has 6 nitrogen and oxygen atoms in total. The number of nitrogens with one attached hydrogen (secondary N) is 1. The van der Waals surface area contributed by atoms with Crippen LogP contribution < -0.4 is 11.1 Å². The topological polar surface area (TPSA) is 78.7 Å². The van der Waals surface area contributed by atoms with Gasteiger partial charge in [0.2, 0.25) is 0 Å². The molecule has 2 atom stereocenters. The van der Waals surface area contributed by atoms with Crippen LogP contribution in [0.1, 0.15) is 45.5 Å². The van der Waals surface area contributed by atoms with Crippen LogP contribution in [0.15, 0.2) is 66.7 Å². The summed E-state index contributed by atoms with van der Waals surface area (Å²) in [7, 11) is 0. The molecule has 2 unspecified atom stereocenters. The van der Waals surface area contributed by atoms with Gasteiger partial charge in [-0.2, -0.15) is 0 Å². The first-order valence-corrected chi connectivity index (χ1v) is 15.1. The standard InChI is InChI=1S/C33H38Cl2N4O2/c1-22-16-23(2)18-25(17-22)31(41)32-33(30(40)20-36,26-8-9-28(34)29(35)19-26)39(15-12-37-32)27-10-13-38(14-11-27)21-24-6-4-3-5-7-24/h3-9,16-19,27,32,37H,10-15,20-21,36H2,1-2H3. The number of nitrogens with two attached hydrogens (primary N) is 1. The van der Waals surface area contributed by atoms with Gasteiger partial charge in [-0.25, -0.2) is 0 Å². The Labute approximate surface area is 252 Å². The second kappa shape index (κ2) is 12.7. The fourth-order valence-corrected chi connectivity index (χ4v) is 7.09. The van der Waals surface area contributed by atoms with Gasteiger partial charge in [0.1, 0.15) is 11.6 Å². The molecular weight excluding hydrogens is 555 g/mol. The Morgan fingerprint density at radius 3 is 2.24 bits per heavy atom. The highest BCUT2D eigenvalue weighted by Gasteiger charge is 2.57. The van der Waals surface area contributed by atoms with E-state index in [0.29, 0.717) is 34.3 Å². The molecule has 2 fully saturated rings. The number of hydrogen-bond acceptors (Lipinski definition) is 6. The Hall–Kier alpha value is -2.58. The number of piperidine rings is 1. The Kier molecular flexibility index (Phi) is 9.29. The fraction of sp³-hybridized carbons (Fsp3) is 0.394. The van der Waals surface area contributed by atoms with Crippen LogP contribution >= 0.6 is 23.2 Å². The van der Waals surface area contributed by atoms with Crippen LogP contribution in [0.4, 0.5) is 0 Å². The third-order valence-corrected chi connectivity index (χ3v) is 9.30. The first-order valence-electron chi connectivity index (χ1n) is 14.3. The molecule has 2 saturated heterocycles. The van der Waals surface area contributed by atoms with Crippen molar-refractivity contribution in [2.45, 2.75) is 50.9 Å². The number of Topliss-reactive ketones (excluding diaryl/α,β-unsaturated/α-hetero) is 2. The van der Waals surface area contributed by atoms with Gasteiger partial charge in [0.15, 0.2) is 11.6 Å². The van der Waals surface area contributed by atoms with Gasteiger partial charge in [0, 0.05) is 31.2 Å². The lowest BCUT2D eigenvalue weighted by molar-refractivity contribution is -0.138. The van der Waals surface area contributed by atoms with Gasteiger partial charge in [0.05, 0.1) is 16.6 Å². The van der Waals surface area contributed by atoms with E-state index < -0.39 is 11.6 Å². The molecule has 5 rings (SSSR count). The molecular formula is C33H38Cl2N4O2. The normalized spacial score (nSPS) is 22.5. The molecule has 0 spiro atoms. The third kappa shape index (κ3) is 6.00. The summed E-state index contributed by atoms with van der Waals surface area (Å²) in [4.78, 5) is 33.4. The molecule has 8 heteroatoms. The zero-order valence-electron chi connectivity index (χ0n) is 23.7. The number of benzene rings is 3. The second-order valence-corrected chi connectivity index (χ2v) is 12.2. The predicted octanol–water partition coefficient (Wildman–Crippen LogP) is 5.15. The Morgan fingerprint density at radius 1 is 0.927 bits per heavy atom. The summed E-state index contributed by atoms with van der Waals surface area (Å²) in [5, 5.41) is 4.19. The highest BCUT2D eigenvalue weighted by atomic mass is 35.5. The quantitative estimate of drug-likeness (QED) is 0.352. The monoisotopic (exact) mass is 592 g/mol. The van der Waals surface area contributed by atoms with Crippen molar-refractivity contribution in [3.8, 4) is 0 Å². The van der Waals surface area contributed by atoms with Gasteiger partial charge in [-0.3, -0.25) is 19.4 Å². The van der Waals surface area contributed by atoms with Crippen molar-refractivity contribution in [1.29, 1.82) is 0 Å². The Bertz CT molecular complexity index is 1390. The lowest BCUT2D eigenvalue weighted by atomic mass is 9.71. The molecule has 2 aliphatic rings. The number of carbonyl (C=O) groups is 2. The average molecular weight is 594 g/mol. The second-order valence-electron chi connectivity index (χ2n) is 11.3. The van der Waals surface area contributed by atoms with E-state index in [1.54, 1.807) is 12.1 Å². The van der Waals surface area contributed by atoms with Gasteiger partial charge in [-0.15, -0.1) is 0 Å². The molecule has 0 amide bonds. The fourth-order valence-electron chi connectivity index (χ4n) is 6.79. The molecule has 2 aliphatic heterocycles. The van der Waals surface area contributed by atoms with Crippen molar-refractivity contribution >= 4 is 34.8 Å². The number of piperazine rings is 1. The molecule has 41 heavy (non-hydrogen) atoms. The summed E-state index contributed by atoms with van der Waals surface area (Å²) in [5.41, 5.74) is 9.33. The number of nitrogens with zero attached hydrogens (tertiary/aromatic N) is 2. The van der Waals surface area contributed by atoms with E-state index in [-0.39, 0.29) is 24.2 Å².